The highest BCUT2D eigenvalue weighted by Crippen LogP contribution is 2.21. The lowest BCUT2D eigenvalue weighted by Gasteiger charge is -2.10. The summed E-state index contributed by atoms with van der Waals surface area (Å²) < 4.78 is 36.8. The van der Waals surface area contributed by atoms with Crippen LogP contribution in [0.1, 0.15) is 36.0 Å². The quantitative estimate of drug-likeness (QED) is 0.360. The molecule has 0 heterocycles. The van der Waals surface area contributed by atoms with Crippen molar-refractivity contribution in [2.45, 2.75) is 30.6 Å². The minimum atomic E-state index is -3.72. The second-order valence-corrected chi connectivity index (χ2v) is 8.30. The van der Waals surface area contributed by atoms with Gasteiger partial charge in [0.1, 0.15) is 0 Å². The van der Waals surface area contributed by atoms with Crippen LogP contribution in [0.15, 0.2) is 27.6 Å². The Balaban J connectivity index is 2.60. The number of nitrogens with one attached hydrogen (secondary N) is 2. The van der Waals surface area contributed by atoms with E-state index in [2.05, 4.69) is 30.7 Å². The topological polar surface area (TPSA) is 111 Å². The van der Waals surface area contributed by atoms with Gasteiger partial charge in [-0.05, 0) is 47.0 Å². The second kappa shape index (κ2) is 12.1. The molecular formula is C17H25BrN2O6S. The van der Waals surface area contributed by atoms with Crippen LogP contribution in [0.3, 0.4) is 0 Å². The Morgan fingerprint density at radius 2 is 1.85 bits per heavy atom. The summed E-state index contributed by atoms with van der Waals surface area (Å²) in [5, 5.41) is 2.75. The first-order valence-electron chi connectivity index (χ1n) is 8.45. The first-order valence-corrected chi connectivity index (χ1v) is 10.7. The average molecular weight is 465 g/mol. The predicted molar refractivity (Wildman–Crippen MR) is 104 cm³/mol. The number of hydrogen-bond donors (Lipinski definition) is 2. The number of ether oxygens (including phenoxy) is 2. The molecule has 0 fully saturated rings. The third kappa shape index (κ3) is 8.37. The van der Waals surface area contributed by atoms with Crippen LogP contribution in [-0.2, 0) is 24.3 Å². The van der Waals surface area contributed by atoms with Crippen molar-refractivity contribution < 1.29 is 27.5 Å². The van der Waals surface area contributed by atoms with E-state index >= 15 is 0 Å². The van der Waals surface area contributed by atoms with Crippen LogP contribution in [-0.4, -0.2) is 54.2 Å². The van der Waals surface area contributed by atoms with Crippen LogP contribution in [0.25, 0.3) is 0 Å². The summed E-state index contributed by atoms with van der Waals surface area (Å²) in [5.41, 5.74) is 0.235. The zero-order valence-electron chi connectivity index (χ0n) is 15.4. The van der Waals surface area contributed by atoms with Gasteiger partial charge in [0.05, 0.1) is 24.2 Å². The zero-order chi connectivity index (χ0) is 20.3. The smallest absolute Gasteiger partial charge is 0.305 e. The number of halogens is 1. The fourth-order valence-electron chi connectivity index (χ4n) is 2.18. The molecule has 0 unspecified atom stereocenters. The van der Waals surface area contributed by atoms with Crippen molar-refractivity contribution >= 4 is 37.8 Å². The lowest BCUT2D eigenvalue weighted by Crippen LogP contribution is -2.28. The molecule has 0 spiro atoms. The highest BCUT2D eigenvalue weighted by atomic mass is 79.9. The van der Waals surface area contributed by atoms with Crippen LogP contribution in [0.2, 0.25) is 0 Å². The Morgan fingerprint density at radius 3 is 2.52 bits per heavy atom. The van der Waals surface area contributed by atoms with Gasteiger partial charge in [-0.3, -0.25) is 9.59 Å². The van der Waals surface area contributed by atoms with Gasteiger partial charge >= 0.3 is 5.97 Å². The summed E-state index contributed by atoms with van der Waals surface area (Å²) in [6, 6.07) is 4.27. The van der Waals surface area contributed by atoms with Gasteiger partial charge < -0.3 is 14.8 Å². The molecule has 0 radical (unpaired) electrons. The van der Waals surface area contributed by atoms with Gasteiger partial charge in [-0.25, -0.2) is 13.1 Å². The third-order valence-corrected chi connectivity index (χ3v) is 5.81. The summed E-state index contributed by atoms with van der Waals surface area (Å²) in [6.45, 7) is 0.816. The van der Waals surface area contributed by atoms with Gasteiger partial charge in [0.2, 0.25) is 10.0 Å². The molecule has 0 atom stereocenters. The molecule has 1 aromatic carbocycles. The number of carbonyl (C=O) groups excluding carboxylic acids is 2. The van der Waals surface area contributed by atoms with E-state index in [9.17, 15) is 18.0 Å². The number of amides is 1. The zero-order valence-corrected chi connectivity index (χ0v) is 17.8. The van der Waals surface area contributed by atoms with Crippen LogP contribution < -0.4 is 10.0 Å². The molecule has 0 saturated heterocycles. The molecule has 0 saturated carbocycles. The molecule has 2 N–H and O–H groups in total. The summed E-state index contributed by atoms with van der Waals surface area (Å²) in [7, 11) is -0.896. The molecule has 0 aliphatic heterocycles. The predicted octanol–water partition coefficient (Wildman–Crippen LogP) is 1.84. The molecule has 1 aromatic rings. The van der Waals surface area contributed by atoms with E-state index in [-0.39, 0.29) is 35.5 Å². The fourth-order valence-corrected chi connectivity index (χ4v) is 3.64. The maximum atomic E-state index is 12.3. The number of carbonyl (C=O) groups is 2. The van der Waals surface area contributed by atoms with Crippen LogP contribution in [0, 0.1) is 0 Å². The largest absolute Gasteiger partial charge is 0.469 e. The first kappa shape index (κ1) is 23.5. The number of sulfonamides is 1. The summed E-state index contributed by atoms with van der Waals surface area (Å²) >= 11 is 3.27. The highest BCUT2D eigenvalue weighted by Gasteiger charge is 2.18. The molecule has 10 heteroatoms. The third-order valence-electron chi connectivity index (χ3n) is 3.66. The van der Waals surface area contributed by atoms with Gasteiger partial charge in [0, 0.05) is 31.1 Å². The SMILES string of the molecule is COCCNS(=O)(=O)c1ccc(Br)c(C(=O)NCCCCCC(=O)OC)c1. The van der Waals surface area contributed by atoms with Crippen LogP contribution >= 0.6 is 15.9 Å². The average Bonchev–Trinajstić information content (AvgIpc) is 2.64. The maximum Gasteiger partial charge on any atom is 0.305 e. The van der Waals surface area contributed by atoms with Crippen LogP contribution in [0.4, 0.5) is 0 Å². The Labute approximate surface area is 168 Å². The Bertz CT molecular complexity index is 739. The standard InChI is InChI=1S/C17H25BrN2O6S/c1-25-11-10-20-27(23,24)13-7-8-15(18)14(12-13)17(22)19-9-5-3-4-6-16(21)26-2/h7-8,12,20H,3-6,9-11H2,1-2H3,(H,19,22). The van der Waals surface area contributed by atoms with Gasteiger partial charge in [-0.1, -0.05) is 6.42 Å². The summed E-state index contributed by atoms with van der Waals surface area (Å²) in [4.78, 5) is 23.4. The van der Waals surface area contributed by atoms with Crippen molar-refractivity contribution in [3.05, 3.63) is 28.2 Å². The number of unbranched alkanes of at least 4 members (excludes halogenated alkanes) is 2. The van der Waals surface area contributed by atoms with Crippen molar-refractivity contribution in [3.8, 4) is 0 Å². The maximum absolute atomic E-state index is 12.3. The van der Waals surface area contributed by atoms with E-state index in [1.807, 2.05) is 0 Å². The van der Waals surface area contributed by atoms with Crippen molar-refractivity contribution in [1.29, 1.82) is 0 Å². The minimum Gasteiger partial charge on any atom is -0.469 e. The van der Waals surface area contributed by atoms with E-state index in [1.54, 1.807) is 0 Å². The molecule has 27 heavy (non-hydrogen) atoms. The molecular weight excluding hydrogens is 440 g/mol. The monoisotopic (exact) mass is 464 g/mol. The van der Waals surface area contributed by atoms with E-state index in [0.717, 1.165) is 6.42 Å². The summed E-state index contributed by atoms with van der Waals surface area (Å²) in [5.74, 6) is -0.621. The minimum absolute atomic E-state index is 0.00466. The van der Waals surface area contributed by atoms with Crippen LogP contribution in [0.5, 0.6) is 0 Å². The normalized spacial score (nSPS) is 11.2. The lowest BCUT2D eigenvalue weighted by atomic mass is 10.2. The highest BCUT2D eigenvalue weighted by molar-refractivity contribution is 9.10. The molecule has 0 aromatic heterocycles. The van der Waals surface area contributed by atoms with Crippen molar-refractivity contribution in [1.82, 2.24) is 10.0 Å². The molecule has 152 valence electrons. The number of esters is 1. The molecule has 1 rings (SSSR count). The van der Waals surface area contributed by atoms with E-state index in [0.29, 0.717) is 30.3 Å². The number of rotatable bonds is 12. The van der Waals surface area contributed by atoms with Gasteiger partial charge in [0.25, 0.3) is 5.91 Å². The van der Waals surface area contributed by atoms with Crippen molar-refractivity contribution in [2.24, 2.45) is 0 Å². The molecule has 0 aliphatic carbocycles. The molecule has 8 nitrogen and oxygen atoms in total. The van der Waals surface area contributed by atoms with Gasteiger partial charge in [-0.2, -0.15) is 0 Å². The van der Waals surface area contributed by atoms with E-state index in [4.69, 9.17) is 4.74 Å². The number of hydrogen-bond acceptors (Lipinski definition) is 6. The number of benzene rings is 1. The second-order valence-electron chi connectivity index (χ2n) is 5.67. The van der Waals surface area contributed by atoms with Crippen molar-refractivity contribution in [3.63, 3.8) is 0 Å². The Hall–Kier alpha value is -1.49. The molecule has 0 aliphatic rings. The van der Waals surface area contributed by atoms with E-state index in [1.165, 1.54) is 32.4 Å². The fraction of sp³-hybridized carbons (Fsp3) is 0.529. The lowest BCUT2D eigenvalue weighted by molar-refractivity contribution is -0.140. The van der Waals surface area contributed by atoms with Gasteiger partial charge in [-0.15, -0.1) is 0 Å². The molecule has 1 amide bonds. The Kier molecular flexibility index (Phi) is 10.5. The van der Waals surface area contributed by atoms with Gasteiger partial charge in [0.15, 0.2) is 0 Å². The number of methoxy groups -OCH3 is 2. The van der Waals surface area contributed by atoms with Crippen molar-refractivity contribution in [2.75, 3.05) is 33.9 Å². The Morgan fingerprint density at radius 1 is 1.11 bits per heavy atom. The summed E-state index contributed by atoms with van der Waals surface area (Å²) in [6.07, 6.45) is 2.52. The molecule has 0 bridgehead atoms. The van der Waals surface area contributed by atoms with E-state index < -0.39 is 10.0 Å². The first-order chi connectivity index (χ1) is 12.8.